The molecule has 0 heterocycles. The number of phenolic OH excluding ortho intramolecular Hbond substituents is 1. The van der Waals surface area contributed by atoms with Crippen molar-refractivity contribution < 1.29 is 14.6 Å². The van der Waals surface area contributed by atoms with Gasteiger partial charge in [-0.15, -0.1) is 0 Å². The maximum absolute atomic E-state index is 11.4. The van der Waals surface area contributed by atoms with Gasteiger partial charge in [0.2, 0.25) is 5.91 Å². The third-order valence-electron chi connectivity index (χ3n) is 3.10. The quantitative estimate of drug-likeness (QED) is 0.729. The summed E-state index contributed by atoms with van der Waals surface area (Å²) < 4.78 is 5.13. The van der Waals surface area contributed by atoms with Crippen LogP contribution in [-0.2, 0) is 4.79 Å². The molecule has 0 aliphatic rings. The third kappa shape index (κ3) is 3.86. The second-order valence-electron chi connectivity index (χ2n) is 4.94. The molecule has 5 heteroatoms. The van der Waals surface area contributed by atoms with Crippen molar-refractivity contribution in [3.63, 3.8) is 0 Å². The van der Waals surface area contributed by atoms with Crippen LogP contribution in [0.4, 0.5) is 0 Å². The van der Waals surface area contributed by atoms with E-state index in [0.717, 1.165) is 0 Å². The first kappa shape index (κ1) is 15.3. The Morgan fingerprint density at radius 2 is 2.00 bits per heavy atom. The lowest BCUT2D eigenvalue weighted by Crippen LogP contribution is -2.45. The van der Waals surface area contributed by atoms with Gasteiger partial charge < -0.3 is 15.6 Å². The van der Waals surface area contributed by atoms with Crippen LogP contribution in [0.2, 0.25) is 0 Å². The molecule has 0 saturated heterocycles. The van der Waals surface area contributed by atoms with Crippen LogP contribution in [0.3, 0.4) is 0 Å². The average molecular weight is 266 g/mol. The molecule has 0 aliphatic carbocycles. The maximum atomic E-state index is 11.4. The summed E-state index contributed by atoms with van der Waals surface area (Å²) in [6.07, 6.45) is 0. The highest BCUT2D eigenvalue weighted by molar-refractivity contribution is 5.80. The molecule has 0 radical (unpaired) electrons. The molecule has 4 N–H and O–H groups in total. The monoisotopic (exact) mass is 266 g/mol. The number of ether oxygens (including phenoxy) is 1. The summed E-state index contributed by atoms with van der Waals surface area (Å²) in [4.78, 5) is 11.4. The number of hydrogen-bond acceptors (Lipinski definition) is 4. The van der Waals surface area contributed by atoms with Gasteiger partial charge in [-0.2, -0.15) is 0 Å². The van der Waals surface area contributed by atoms with Crippen LogP contribution in [0.15, 0.2) is 18.2 Å². The minimum absolute atomic E-state index is 0.0766. The minimum atomic E-state index is -0.444. The van der Waals surface area contributed by atoms with Crippen LogP contribution >= 0.6 is 0 Å². The number of nitrogens with one attached hydrogen (secondary N) is 1. The van der Waals surface area contributed by atoms with Crippen LogP contribution in [0.25, 0.3) is 0 Å². The van der Waals surface area contributed by atoms with E-state index >= 15 is 0 Å². The van der Waals surface area contributed by atoms with Gasteiger partial charge in [0.15, 0.2) is 0 Å². The van der Waals surface area contributed by atoms with E-state index in [9.17, 15) is 9.90 Å². The van der Waals surface area contributed by atoms with Gasteiger partial charge in [-0.1, -0.05) is 13.8 Å². The van der Waals surface area contributed by atoms with Crippen LogP contribution in [0.5, 0.6) is 11.5 Å². The van der Waals surface area contributed by atoms with E-state index in [1.54, 1.807) is 25.3 Å². The summed E-state index contributed by atoms with van der Waals surface area (Å²) in [6, 6.07) is 4.34. The number of phenols is 1. The van der Waals surface area contributed by atoms with E-state index in [0.29, 0.717) is 11.3 Å². The molecule has 0 fully saturated rings. The molecule has 0 spiro atoms. The first-order valence-electron chi connectivity index (χ1n) is 6.29. The molecule has 106 valence electrons. The number of benzene rings is 1. The summed E-state index contributed by atoms with van der Waals surface area (Å²) in [6.45, 7) is 5.70. The van der Waals surface area contributed by atoms with E-state index in [1.807, 2.05) is 20.8 Å². The number of methoxy groups -OCH3 is 1. The van der Waals surface area contributed by atoms with Crippen LogP contribution in [-0.4, -0.2) is 24.2 Å². The standard InChI is InChI=1S/C14H22N2O3/c1-8(2)13(14(15)18)16-9(3)11-7-10(19-4)5-6-12(11)17/h5-9,13,16-17H,1-4H3,(H2,15,18). The Balaban J connectivity index is 2.93. The molecule has 1 rings (SSSR count). The number of carbonyl (C=O) groups excluding carboxylic acids is 1. The molecular weight excluding hydrogens is 244 g/mol. The van der Waals surface area contributed by atoms with E-state index in [2.05, 4.69) is 5.32 Å². The molecule has 0 aromatic heterocycles. The number of aromatic hydroxyl groups is 1. The fraction of sp³-hybridized carbons (Fsp3) is 0.500. The molecular formula is C14H22N2O3. The fourth-order valence-electron chi connectivity index (χ4n) is 1.97. The van der Waals surface area contributed by atoms with E-state index in [1.165, 1.54) is 0 Å². The minimum Gasteiger partial charge on any atom is -0.508 e. The highest BCUT2D eigenvalue weighted by Gasteiger charge is 2.23. The Bertz CT molecular complexity index is 446. The molecule has 19 heavy (non-hydrogen) atoms. The highest BCUT2D eigenvalue weighted by atomic mass is 16.5. The lowest BCUT2D eigenvalue weighted by atomic mass is 10.00. The van der Waals surface area contributed by atoms with Crippen molar-refractivity contribution in [1.29, 1.82) is 0 Å². The fourth-order valence-corrected chi connectivity index (χ4v) is 1.97. The van der Waals surface area contributed by atoms with Gasteiger partial charge in [0.05, 0.1) is 13.2 Å². The predicted molar refractivity (Wildman–Crippen MR) is 74.0 cm³/mol. The van der Waals surface area contributed by atoms with Crippen molar-refractivity contribution in [2.24, 2.45) is 11.7 Å². The van der Waals surface area contributed by atoms with Crippen molar-refractivity contribution in [2.45, 2.75) is 32.9 Å². The largest absolute Gasteiger partial charge is 0.508 e. The zero-order chi connectivity index (χ0) is 14.6. The number of amides is 1. The first-order chi connectivity index (χ1) is 8.86. The number of carbonyl (C=O) groups is 1. The molecule has 1 amide bonds. The molecule has 0 aliphatic heterocycles. The van der Waals surface area contributed by atoms with E-state index in [4.69, 9.17) is 10.5 Å². The average Bonchev–Trinajstić information content (AvgIpc) is 2.35. The zero-order valence-corrected chi connectivity index (χ0v) is 11.8. The molecule has 1 aromatic rings. The Hall–Kier alpha value is -1.75. The SMILES string of the molecule is COc1ccc(O)c(C(C)NC(C(N)=O)C(C)C)c1. The number of rotatable bonds is 6. The zero-order valence-electron chi connectivity index (χ0n) is 11.8. The van der Waals surface area contributed by atoms with Crippen molar-refractivity contribution in [2.75, 3.05) is 7.11 Å². The van der Waals surface area contributed by atoms with Gasteiger partial charge in [0.25, 0.3) is 0 Å². The van der Waals surface area contributed by atoms with Gasteiger partial charge in [-0.25, -0.2) is 0 Å². The topological polar surface area (TPSA) is 84.6 Å². The smallest absolute Gasteiger partial charge is 0.234 e. The molecule has 0 saturated carbocycles. The molecule has 1 aromatic carbocycles. The van der Waals surface area contributed by atoms with E-state index in [-0.39, 0.29) is 17.7 Å². The van der Waals surface area contributed by atoms with Crippen molar-refractivity contribution in [3.8, 4) is 11.5 Å². The third-order valence-corrected chi connectivity index (χ3v) is 3.10. The van der Waals surface area contributed by atoms with Crippen molar-refractivity contribution in [1.82, 2.24) is 5.32 Å². The summed E-state index contributed by atoms with van der Waals surface area (Å²) in [5.41, 5.74) is 6.04. The summed E-state index contributed by atoms with van der Waals surface area (Å²) >= 11 is 0. The van der Waals surface area contributed by atoms with Crippen LogP contribution < -0.4 is 15.8 Å². The number of hydrogen-bond donors (Lipinski definition) is 3. The Labute approximate surface area is 113 Å². The first-order valence-corrected chi connectivity index (χ1v) is 6.29. The second-order valence-corrected chi connectivity index (χ2v) is 4.94. The Morgan fingerprint density at radius 1 is 1.37 bits per heavy atom. The molecule has 0 bridgehead atoms. The molecule has 2 atom stereocenters. The normalized spacial score (nSPS) is 14.2. The highest BCUT2D eigenvalue weighted by Crippen LogP contribution is 2.28. The van der Waals surface area contributed by atoms with Gasteiger partial charge in [0, 0.05) is 11.6 Å². The van der Waals surface area contributed by atoms with Crippen molar-refractivity contribution in [3.05, 3.63) is 23.8 Å². The lowest BCUT2D eigenvalue weighted by molar-refractivity contribution is -0.121. The molecule has 5 nitrogen and oxygen atoms in total. The van der Waals surface area contributed by atoms with E-state index < -0.39 is 11.9 Å². The van der Waals surface area contributed by atoms with Gasteiger partial charge in [-0.3, -0.25) is 10.1 Å². The van der Waals surface area contributed by atoms with Crippen LogP contribution in [0.1, 0.15) is 32.4 Å². The number of nitrogens with two attached hydrogens (primary N) is 1. The maximum Gasteiger partial charge on any atom is 0.234 e. The summed E-state index contributed by atoms with van der Waals surface area (Å²) in [5.74, 6) is 0.492. The van der Waals surface area contributed by atoms with Crippen LogP contribution in [0, 0.1) is 5.92 Å². The summed E-state index contributed by atoms with van der Waals surface area (Å²) in [7, 11) is 1.56. The number of primary amides is 1. The summed E-state index contributed by atoms with van der Waals surface area (Å²) in [5, 5.41) is 13.0. The Kier molecular flexibility index (Phi) is 5.18. The van der Waals surface area contributed by atoms with Crippen molar-refractivity contribution >= 4 is 5.91 Å². The lowest BCUT2D eigenvalue weighted by Gasteiger charge is -2.24. The predicted octanol–water partition coefficient (Wildman–Crippen LogP) is 1.56. The van der Waals surface area contributed by atoms with Gasteiger partial charge in [-0.05, 0) is 31.0 Å². The van der Waals surface area contributed by atoms with Gasteiger partial charge in [0.1, 0.15) is 11.5 Å². The van der Waals surface area contributed by atoms with Gasteiger partial charge >= 0.3 is 0 Å². The molecule has 2 unspecified atom stereocenters. The Morgan fingerprint density at radius 3 is 2.47 bits per heavy atom. The second kappa shape index (κ2) is 6.43.